The Kier molecular flexibility index (Phi) is 25.1. The van der Waals surface area contributed by atoms with E-state index in [2.05, 4.69) is 24.9 Å². The Bertz CT molecular complexity index is 4470. The lowest BCUT2D eigenvalue weighted by molar-refractivity contribution is -0.0997. The van der Waals surface area contributed by atoms with E-state index >= 15 is 0 Å². The van der Waals surface area contributed by atoms with E-state index in [1.54, 1.807) is 86.3 Å². The first kappa shape index (κ1) is 80.7. The van der Waals surface area contributed by atoms with Crippen LogP contribution in [-0.2, 0) is 23.7 Å². The average Bonchev–Trinajstić information content (AvgIpc) is 1.49. The van der Waals surface area contributed by atoms with Gasteiger partial charge in [-0.1, -0.05) is 39.5 Å². The third-order valence-electron chi connectivity index (χ3n) is 23.4. The number of aliphatic hydroxyl groups excluding tert-OH is 15. The van der Waals surface area contributed by atoms with Crippen LogP contribution in [0.4, 0.5) is 0 Å². The minimum absolute atomic E-state index is 0.136. The molecule has 0 spiro atoms. The van der Waals surface area contributed by atoms with Crippen LogP contribution in [0.25, 0.3) is 55.2 Å². The van der Waals surface area contributed by atoms with Crippen LogP contribution in [0.2, 0.25) is 0 Å². The topological polar surface area (TPSA) is 439 Å². The highest BCUT2D eigenvalue weighted by Gasteiger charge is 2.53. The van der Waals surface area contributed by atoms with Gasteiger partial charge < -0.3 is 123 Å². The van der Waals surface area contributed by atoms with Crippen molar-refractivity contribution in [2.75, 3.05) is 0 Å². The Balaban J connectivity index is 0.000000121. The summed E-state index contributed by atoms with van der Waals surface area (Å²) in [5.74, 6) is 0.273. The minimum atomic E-state index is -1.12. The smallest absolute Gasteiger partial charge is 0.164 e. The molecule has 7 fully saturated rings. The van der Waals surface area contributed by atoms with Crippen LogP contribution in [-0.4, -0.2) is 246 Å². The quantitative estimate of drug-likeness (QED) is 0.0692. The fourth-order valence-electron chi connectivity index (χ4n) is 16.8. The van der Waals surface area contributed by atoms with E-state index in [-0.39, 0.29) is 11.8 Å². The van der Waals surface area contributed by atoms with Gasteiger partial charge in [0.1, 0.15) is 120 Å². The van der Waals surface area contributed by atoms with Crippen LogP contribution in [0.1, 0.15) is 144 Å². The van der Waals surface area contributed by atoms with Crippen molar-refractivity contribution in [2.45, 2.75) is 273 Å². The fourth-order valence-corrected chi connectivity index (χ4v) is 16.8. The normalized spacial score (nSPS) is 31.8. The number of fused-ring (bicyclic) bond motifs is 5. The second kappa shape index (κ2) is 34.1. The first-order valence-corrected chi connectivity index (χ1v) is 38.3. The predicted molar refractivity (Wildman–Crippen MR) is 402 cm³/mol. The first-order chi connectivity index (χ1) is 52.7. The van der Waals surface area contributed by atoms with Gasteiger partial charge in [-0.05, 0) is 180 Å². The van der Waals surface area contributed by atoms with Crippen molar-refractivity contribution in [1.29, 1.82) is 0 Å². The van der Waals surface area contributed by atoms with Gasteiger partial charge in [-0.2, -0.15) is 0 Å². The van der Waals surface area contributed by atoms with E-state index < -0.39 is 153 Å². The summed E-state index contributed by atoms with van der Waals surface area (Å²) in [5, 5.41) is 158. The molecule has 0 aromatic carbocycles. The zero-order valence-corrected chi connectivity index (χ0v) is 62.9. The first-order valence-electron chi connectivity index (χ1n) is 38.3. The van der Waals surface area contributed by atoms with Crippen molar-refractivity contribution in [3.63, 3.8) is 0 Å². The fraction of sp³-hybridized carbons (Fsp3) is 0.562. The molecule has 5 aliphatic heterocycles. The second-order valence-corrected chi connectivity index (χ2v) is 30.6. The summed E-state index contributed by atoms with van der Waals surface area (Å²) in [7, 11) is 0. The Morgan fingerprint density at radius 1 is 0.318 bits per heavy atom. The lowest BCUT2D eigenvalue weighted by atomic mass is 9.93. The molecule has 0 unspecified atom stereocenters. The maximum absolute atomic E-state index is 10.6. The molecule has 17 rings (SSSR count). The molecule has 15 N–H and O–H groups in total. The third-order valence-corrected chi connectivity index (χ3v) is 23.4. The van der Waals surface area contributed by atoms with Gasteiger partial charge in [0.05, 0.1) is 30.5 Å². The highest BCUT2D eigenvalue weighted by molar-refractivity contribution is 5.83. The van der Waals surface area contributed by atoms with Crippen LogP contribution >= 0.6 is 0 Å². The molecule has 10 aromatic rings. The maximum atomic E-state index is 10.6. The molecule has 7 aliphatic rings. The van der Waals surface area contributed by atoms with E-state index in [1.165, 1.54) is 6.92 Å². The molecule has 0 amide bonds. The molecule has 2 aliphatic carbocycles. The van der Waals surface area contributed by atoms with Crippen molar-refractivity contribution in [3.8, 4) is 0 Å². The molecule has 5 saturated heterocycles. The summed E-state index contributed by atoms with van der Waals surface area (Å²) in [4.78, 5) is 21.7. The van der Waals surface area contributed by atoms with Crippen molar-refractivity contribution < 1.29 is 100 Å². The van der Waals surface area contributed by atoms with Crippen molar-refractivity contribution >= 4 is 55.2 Å². The molecule has 10 aromatic heterocycles. The van der Waals surface area contributed by atoms with Gasteiger partial charge in [0.2, 0.25) is 0 Å². The molecule has 30 nitrogen and oxygen atoms in total. The summed E-state index contributed by atoms with van der Waals surface area (Å²) < 4.78 is 37.5. The van der Waals surface area contributed by atoms with Crippen LogP contribution < -0.4 is 0 Å². The number of hydrogen-bond donors (Lipinski definition) is 15. The highest BCUT2D eigenvalue weighted by Crippen LogP contribution is 2.43. The average molecular weight is 1530 g/mol. The minimum Gasteiger partial charge on any atom is -0.391 e. The summed E-state index contributed by atoms with van der Waals surface area (Å²) in [5.41, 5.74) is 8.92. The van der Waals surface area contributed by atoms with E-state index in [4.69, 9.17) is 23.7 Å². The number of aliphatic hydroxyl groups is 15. The summed E-state index contributed by atoms with van der Waals surface area (Å²) in [6, 6.07) is 19.2. The molecule has 110 heavy (non-hydrogen) atoms. The van der Waals surface area contributed by atoms with E-state index in [0.717, 1.165) is 106 Å². The Morgan fingerprint density at radius 2 is 0.527 bits per heavy atom. The SMILES string of the molecule is CC[C@@H](O)[C@H]1O[C@@H](n2ccc3c(C)ccnc32)[C@H](O)[C@@H]1O.CC[C@H](O)[C@H]1O[C@@H](n2ccc3c(C)ccnc32)[C@H](O)[C@@H]1O.Cc1ccnc2c1ccn2[C@@H]1O[C@H]([C@@H](C)O)[C@@H](O)[C@H]1O.Cc1ccnc2c1ccn2[C@@H]1O[C@H]([C@@H](O)C2CCCC2)[C@@H](O)[C@H]1O.Cc1ccnc2c1ccn2[C@@H]1O[C@H]([C@H](O)C2CCCC2)[C@@H](O)[C@H]1O. The zero-order valence-electron chi connectivity index (χ0n) is 62.9. The Morgan fingerprint density at radius 3 is 0.745 bits per heavy atom. The number of aromatic nitrogens is 10. The molecular weight excluding hydrogens is 1420 g/mol. The monoisotopic (exact) mass is 1530 g/mol. The number of nitrogens with zero attached hydrogens (tertiary/aromatic N) is 10. The van der Waals surface area contributed by atoms with Crippen LogP contribution in [0.3, 0.4) is 0 Å². The van der Waals surface area contributed by atoms with Crippen LogP contribution in [0.5, 0.6) is 0 Å². The van der Waals surface area contributed by atoms with Gasteiger partial charge in [0.25, 0.3) is 0 Å². The van der Waals surface area contributed by atoms with Crippen molar-refractivity contribution in [2.24, 2.45) is 11.8 Å². The standard InChI is InChI=1S/2C18H24N2O4.2C15H20N2O4.C14H18N2O4/c2*1-10-6-8-19-17-12(10)7-9-20(17)18-15(23)14(22)16(24-18)13(21)11-4-2-3-5-11;2*1-3-10(18)13-11(19)12(20)15(21-13)17-7-5-9-8(2)4-6-16-14(9)17;1-7-3-5-15-13-9(7)4-6-16(13)14-11(19)10(18)12(20-14)8(2)17/h2*6-9,11,13-16,18,21-23H,2-5H2,1H3;2*4-7,10-13,15,18-20H,3H2,1-2H3;3-6,8,10-12,14,17-19H,1-2H3/t13-,14+,15-,16-,18-;13-,14-,15+,16+,18+;10-,11+,12-,13-,15-;10-,11-,12+,13+,15+;8-,10+,11-,12-,14-/m10101/s1. The van der Waals surface area contributed by atoms with Crippen LogP contribution in [0, 0.1) is 46.5 Å². The molecule has 30 heteroatoms. The molecule has 15 heterocycles. The molecule has 596 valence electrons. The lowest BCUT2D eigenvalue weighted by Gasteiger charge is -2.25. The number of aryl methyl sites for hydroxylation is 5. The Labute approximate surface area is 635 Å². The largest absolute Gasteiger partial charge is 0.391 e. The van der Waals surface area contributed by atoms with E-state index in [1.807, 2.05) is 108 Å². The second-order valence-electron chi connectivity index (χ2n) is 30.6. The van der Waals surface area contributed by atoms with Crippen molar-refractivity contribution in [3.05, 3.63) is 150 Å². The van der Waals surface area contributed by atoms with E-state index in [0.29, 0.717) is 41.1 Å². The van der Waals surface area contributed by atoms with Gasteiger partial charge in [0, 0.05) is 88.9 Å². The molecule has 25 atom stereocenters. The van der Waals surface area contributed by atoms with Gasteiger partial charge in [-0.3, -0.25) is 0 Å². The highest BCUT2D eigenvalue weighted by atomic mass is 16.6. The summed E-state index contributed by atoms with van der Waals surface area (Å²) in [6.45, 7) is 15.1. The van der Waals surface area contributed by atoms with Gasteiger partial charge >= 0.3 is 0 Å². The van der Waals surface area contributed by atoms with Crippen LogP contribution in [0.15, 0.2) is 123 Å². The van der Waals surface area contributed by atoms with Crippen molar-refractivity contribution in [1.82, 2.24) is 47.8 Å². The van der Waals surface area contributed by atoms with E-state index in [9.17, 15) is 76.6 Å². The molecule has 0 bridgehead atoms. The number of rotatable bonds is 14. The summed E-state index contributed by atoms with van der Waals surface area (Å²) >= 11 is 0. The molecule has 0 radical (unpaired) electrons. The number of hydrogen-bond acceptors (Lipinski definition) is 25. The maximum Gasteiger partial charge on any atom is 0.164 e. The van der Waals surface area contributed by atoms with Gasteiger partial charge in [0.15, 0.2) is 31.1 Å². The predicted octanol–water partition coefficient (Wildman–Crippen LogP) is 4.84. The Hall–Kier alpha value is -7.35. The molecular formula is C80H106N10O20. The number of ether oxygens (including phenoxy) is 5. The molecule has 2 saturated carbocycles. The zero-order chi connectivity index (χ0) is 78.4. The third kappa shape index (κ3) is 15.5. The lowest BCUT2D eigenvalue weighted by Crippen LogP contribution is -2.41. The van der Waals surface area contributed by atoms with Gasteiger partial charge in [-0.25, -0.2) is 24.9 Å². The number of pyridine rings is 5. The summed E-state index contributed by atoms with van der Waals surface area (Å²) in [6.07, 6.45) is 3.86. The van der Waals surface area contributed by atoms with Gasteiger partial charge in [-0.15, -0.1) is 0 Å².